The van der Waals surface area contributed by atoms with Crippen molar-refractivity contribution < 1.29 is 22.1 Å². The van der Waals surface area contributed by atoms with E-state index in [0.29, 0.717) is 16.0 Å². The van der Waals surface area contributed by atoms with Gasteiger partial charge in [0, 0.05) is 4.90 Å². The molecule has 0 spiro atoms. The number of rotatable bonds is 5. The Bertz CT molecular complexity index is 993. The summed E-state index contributed by atoms with van der Waals surface area (Å²) in [7, 11) is -0.425. The molecule has 3 nitrogen and oxygen atoms in total. The maximum absolute atomic E-state index is 13.5. The molecule has 3 rings (SSSR count). The van der Waals surface area contributed by atoms with Crippen molar-refractivity contribution in [2.75, 3.05) is 12.9 Å². The fourth-order valence-corrected chi connectivity index (χ4v) is 3.88. The van der Waals surface area contributed by atoms with E-state index >= 15 is 0 Å². The smallest absolute Gasteiger partial charge is 0.430 e. The van der Waals surface area contributed by atoms with Crippen molar-refractivity contribution in [3.05, 3.63) is 66.7 Å². The second-order valence-corrected chi connectivity index (χ2v) is 7.14. The minimum atomic E-state index is -4.68. The second-order valence-electron chi connectivity index (χ2n) is 5.72. The number of alkyl halides is 3. The molecule has 27 heavy (non-hydrogen) atoms. The van der Waals surface area contributed by atoms with Gasteiger partial charge in [0.2, 0.25) is 0 Å². The number of hydrogen-bond donors (Lipinski definition) is 0. The van der Waals surface area contributed by atoms with Gasteiger partial charge < -0.3 is 4.74 Å². The molecule has 1 atom stereocenters. The van der Waals surface area contributed by atoms with Crippen LogP contribution in [0.25, 0.3) is 10.8 Å². The first-order valence-electron chi connectivity index (χ1n) is 8.03. The molecule has 0 amide bonds. The van der Waals surface area contributed by atoms with Gasteiger partial charge in [-0.05, 0) is 41.1 Å². The van der Waals surface area contributed by atoms with Crippen LogP contribution in [-0.4, -0.2) is 29.0 Å². The molecule has 0 radical (unpaired) electrons. The Morgan fingerprint density at radius 3 is 2.33 bits per heavy atom. The molecular weight excluding hydrogens is 375 g/mol. The molecule has 0 N–H and O–H groups in total. The first-order valence-corrected chi connectivity index (χ1v) is 9.35. The number of aliphatic imine (C=N–C) groups is 1. The van der Waals surface area contributed by atoms with Crippen molar-refractivity contribution in [2.45, 2.75) is 11.1 Å². The molecule has 3 aromatic carbocycles. The van der Waals surface area contributed by atoms with Crippen LogP contribution in [0.4, 0.5) is 18.9 Å². The fraction of sp³-hybridized carbons (Fsp3) is 0.150. The minimum Gasteiger partial charge on any atom is -0.497 e. The van der Waals surface area contributed by atoms with Gasteiger partial charge in [0.15, 0.2) is 0 Å². The van der Waals surface area contributed by atoms with Crippen LogP contribution in [0.15, 0.2) is 76.6 Å². The number of nitrogens with zero attached hydrogens (tertiary/aromatic N) is 1. The van der Waals surface area contributed by atoms with Crippen LogP contribution < -0.4 is 4.74 Å². The van der Waals surface area contributed by atoms with Crippen LogP contribution in [-0.2, 0) is 10.8 Å². The molecule has 0 heterocycles. The van der Waals surface area contributed by atoms with E-state index in [2.05, 4.69) is 4.99 Å². The Labute approximate surface area is 157 Å². The van der Waals surface area contributed by atoms with E-state index in [-0.39, 0.29) is 5.69 Å². The molecule has 0 aliphatic carbocycles. The third-order valence-corrected chi connectivity index (χ3v) is 5.31. The molecule has 7 heteroatoms. The van der Waals surface area contributed by atoms with Crippen molar-refractivity contribution >= 4 is 33.0 Å². The van der Waals surface area contributed by atoms with Gasteiger partial charge in [-0.25, -0.2) is 4.99 Å². The number of halogens is 3. The number of hydrogen-bond acceptors (Lipinski definition) is 3. The summed E-state index contributed by atoms with van der Waals surface area (Å²) >= 11 is 0. The Kier molecular flexibility index (Phi) is 5.60. The van der Waals surface area contributed by atoms with E-state index < -0.39 is 28.4 Å². The van der Waals surface area contributed by atoms with Crippen LogP contribution in [0.5, 0.6) is 5.75 Å². The summed E-state index contributed by atoms with van der Waals surface area (Å²) in [6, 6.07) is 18.1. The predicted molar refractivity (Wildman–Crippen MR) is 101 cm³/mol. The molecule has 0 unspecified atom stereocenters. The van der Waals surface area contributed by atoms with Gasteiger partial charge in [0.1, 0.15) is 11.5 Å². The summed E-state index contributed by atoms with van der Waals surface area (Å²) in [6.45, 7) is 0. The average molecular weight is 391 g/mol. The maximum Gasteiger partial charge on any atom is 0.430 e. The lowest BCUT2D eigenvalue weighted by Crippen LogP contribution is -2.28. The molecule has 0 aliphatic rings. The Morgan fingerprint density at radius 2 is 1.67 bits per heavy atom. The van der Waals surface area contributed by atoms with Crippen LogP contribution in [0.3, 0.4) is 0 Å². The van der Waals surface area contributed by atoms with E-state index in [0.717, 1.165) is 5.39 Å². The van der Waals surface area contributed by atoms with Gasteiger partial charge in [0.05, 0.1) is 29.3 Å². The first-order chi connectivity index (χ1) is 12.9. The highest BCUT2D eigenvalue weighted by atomic mass is 32.2. The van der Waals surface area contributed by atoms with Crippen molar-refractivity contribution in [2.24, 2.45) is 4.99 Å². The number of fused-ring (bicyclic) bond motifs is 1. The van der Waals surface area contributed by atoms with Crippen molar-refractivity contribution in [3.63, 3.8) is 0 Å². The quantitative estimate of drug-likeness (QED) is 0.554. The summed E-state index contributed by atoms with van der Waals surface area (Å²) in [5, 5.41) is 1.49. The zero-order valence-electron chi connectivity index (χ0n) is 14.4. The SMILES string of the molecule is COc1ccc(N=C(C[S@](=O)c2cccc3ccccc23)C(F)(F)F)cc1. The summed E-state index contributed by atoms with van der Waals surface area (Å²) in [5.74, 6) is -0.203. The third-order valence-electron chi connectivity index (χ3n) is 3.93. The van der Waals surface area contributed by atoms with Crippen molar-refractivity contribution in [1.29, 1.82) is 0 Å². The molecule has 0 saturated carbocycles. The molecule has 0 bridgehead atoms. The molecule has 0 saturated heterocycles. The highest BCUT2D eigenvalue weighted by Crippen LogP contribution is 2.27. The Morgan fingerprint density at radius 1 is 1.00 bits per heavy atom. The van der Waals surface area contributed by atoms with Gasteiger partial charge in [-0.2, -0.15) is 13.2 Å². The highest BCUT2D eigenvalue weighted by molar-refractivity contribution is 7.86. The highest BCUT2D eigenvalue weighted by Gasteiger charge is 2.37. The van der Waals surface area contributed by atoms with Gasteiger partial charge >= 0.3 is 6.18 Å². The van der Waals surface area contributed by atoms with E-state index in [1.807, 2.05) is 18.2 Å². The van der Waals surface area contributed by atoms with Gasteiger partial charge in [-0.15, -0.1) is 0 Å². The van der Waals surface area contributed by atoms with E-state index in [1.54, 1.807) is 24.3 Å². The zero-order valence-corrected chi connectivity index (χ0v) is 15.2. The lowest BCUT2D eigenvalue weighted by Gasteiger charge is -2.12. The van der Waals surface area contributed by atoms with Crippen molar-refractivity contribution in [1.82, 2.24) is 0 Å². The topological polar surface area (TPSA) is 38.7 Å². The van der Waals surface area contributed by atoms with E-state index in [9.17, 15) is 17.4 Å². The Hall–Kier alpha value is -2.67. The summed E-state index contributed by atoms with van der Waals surface area (Å²) in [5.41, 5.74) is -0.961. The van der Waals surface area contributed by atoms with Crippen LogP contribution in [0.1, 0.15) is 0 Å². The van der Waals surface area contributed by atoms with Gasteiger partial charge in [-0.3, -0.25) is 4.21 Å². The number of methoxy groups -OCH3 is 1. The monoisotopic (exact) mass is 391 g/mol. The van der Waals surface area contributed by atoms with E-state index in [1.165, 1.54) is 31.4 Å². The lowest BCUT2D eigenvalue weighted by molar-refractivity contribution is -0.0589. The lowest BCUT2D eigenvalue weighted by atomic mass is 10.1. The van der Waals surface area contributed by atoms with Gasteiger partial charge in [0.25, 0.3) is 0 Å². The third kappa shape index (κ3) is 4.54. The second kappa shape index (κ2) is 7.92. The van der Waals surface area contributed by atoms with Crippen LogP contribution >= 0.6 is 0 Å². The molecule has 0 aromatic heterocycles. The molecule has 0 aliphatic heterocycles. The fourth-order valence-electron chi connectivity index (χ4n) is 2.59. The number of ether oxygens (including phenoxy) is 1. The molecule has 0 fully saturated rings. The summed E-state index contributed by atoms with van der Waals surface area (Å²) in [4.78, 5) is 4.05. The Balaban J connectivity index is 1.94. The molecular formula is C20H16F3NO2S. The standard InChI is InChI=1S/C20H16F3NO2S/c1-26-16-11-9-15(10-12-16)24-19(20(21,22)23)13-27(25)18-8-4-6-14-5-2-3-7-17(14)18/h2-12H,13H2,1H3/t27-/m0/s1. The summed E-state index contributed by atoms with van der Waals surface area (Å²) < 4.78 is 58.1. The molecule has 3 aromatic rings. The van der Waals surface area contributed by atoms with Crippen LogP contribution in [0, 0.1) is 0 Å². The van der Waals surface area contributed by atoms with Gasteiger partial charge in [-0.1, -0.05) is 36.4 Å². The maximum atomic E-state index is 13.5. The normalized spacial score (nSPS) is 13.6. The zero-order chi connectivity index (χ0) is 19.4. The average Bonchev–Trinajstić information content (AvgIpc) is 2.66. The number of benzene rings is 3. The predicted octanol–water partition coefficient (Wildman–Crippen LogP) is 5.29. The first kappa shape index (κ1) is 19.1. The van der Waals surface area contributed by atoms with Crippen molar-refractivity contribution in [3.8, 4) is 5.75 Å². The van der Waals surface area contributed by atoms with E-state index in [4.69, 9.17) is 4.74 Å². The largest absolute Gasteiger partial charge is 0.497 e. The molecule has 140 valence electrons. The summed E-state index contributed by atoms with van der Waals surface area (Å²) in [6.07, 6.45) is -4.68. The minimum absolute atomic E-state index is 0.123. The van der Waals surface area contributed by atoms with Crippen LogP contribution in [0.2, 0.25) is 0 Å².